The standard InChI is InChI=1S/C16H15Br3/c1-9-7-10(2)15(18)11(3)14(9)16(19)12-5-4-6-13(17)8-12/h4-8,16H,1-3H3. The highest BCUT2D eigenvalue weighted by Gasteiger charge is 2.18. The zero-order valence-electron chi connectivity index (χ0n) is 11.1. The third-order valence-electron chi connectivity index (χ3n) is 3.33. The van der Waals surface area contributed by atoms with Gasteiger partial charge in [0.2, 0.25) is 0 Å². The lowest BCUT2D eigenvalue weighted by molar-refractivity contribution is 1.09. The van der Waals surface area contributed by atoms with Gasteiger partial charge in [-0.1, -0.05) is 66.0 Å². The maximum absolute atomic E-state index is 3.85. The van der Waals surface area contributed by atoms with Crippen molar-refractivity contribution in [2.24, 2.45) is 0 Å². The normalized spacial score (nSPS) is 12.5. The number of hydrogen-bond donors (Lipinski definition) is 0. The van der Waals surface area contributed by atoms with E-state index in [-0.39, 0.29) is 4.83 Å². The predicted molar refractivity (Wildman–Crippen MR) is 93.3 cm³/mol. The molecule has 1 atom stereocenters. The lowest BCUT2D eigenvalue weighted by atomic mass is 9.94. The van der Waals surface area contributed by atoms with Gasteiger partial charge in [-0.3, -0.25) is 0 Å². The molecule has 0 bridgehead atoms. The van der Waals surface area contributed by atoms with Crippen LogP contribution >= 0.6 is 47.8 Å². The molecule has 0 spiro atoms. The molecular formula is C16H15Br3. The molecule has 2 aromatic rings. The van der Waals surface area contributed by atoms with Crippen molar-refractivity contribution in [2.45, 2.75) is 25.6 Å². The first-order chi connectivity index (χ1) is 8.91. The Labute approximate surface area is 140 Å². The van der Waals surface area contributed by atoms with Gasteiger partial charge in [0.1, 0.15) is 0 Å². The first-order valence-corrected chi connectivity index (χ1v) is 8.57. The number of benzene rings is 2. The molecule has 0 heterocycles. The molecule has 3 heteroatoms. The maximum Gasteiger partial charge on any atom is 0.0650 e. The second-order valence-corrected chi connectivity index (χ2v) is 7.40. The van der Waals surface area contributed by atoms with Gasteiger partial charge >= 0.3 is 0 Å². The van der Waals surface area contributed by atoms with E-state index in [0.29, 0.717) is 0 Å². The summed E-state index contributed by atoms with van der Waals surface area (Å²) >= 11 is 11.1. The van der Waals surface area contributed by atoms with Crippen LogP contribution in [0, 0.1) is 20.8 Å². The maximum atomic E-state index is 3.85. The Kier molecular flexibility index (Phi) is 4.91. The molecule has 0 saturated heterocycles. The molecule has 0 aliphatic rings. The molecule has 0 saturated carbocycles. The molecule has 0 nitrogen and oxygen atoms in total. The number of halogens is 3. The molecule has 1 unspecified atom stereocenters. The summed E-state index contributed by atoms with van der Waals surface area (Å²) in [5.41, 5.74) is 6.51. The highest BCUT2D eigenvalue weighted by atomic mass is 79.9. The number of hydrogen-bond acceptors (Lipinski definition) is 0. The first-order valence-electron chi connectivity index (χ1n) is 6.07. The van der Waals surface area contributed by atoms with E-state index in [2.05, 4.69) is 92.8 Å². The van der Waals surface area contributed by atoms with Gasteiger partial charge < -0.3 is 0 Å². The van der Waals surface area contributed by atoms with E-state index < -0.39 is 0 Å². The smallest absolute Gasteiger partial charge is 0.0650 e. The summed E-state index contributed by atoms with van der Waals surface area (Å²) in [6.07, 6.45) is 0. The van der Waals surface area contributed by atoms with Crippen molar-refractivity contribution in [1.29, 1.82) is 0 Å². The highest BCUT2D eigenvalue weighted by Crippen LogP contribution is 2.39. The van der Waals surface area contributed by atoms with Crippen molar-refractivity contribution < 1.29 is 0 Å². The van der Waals surface area contributed by atoms with Crippen molar-refractivity contribution >= 4 is 47.8 Å². The molecule has 0 fully saturated rings. The van der Waals surface area contributed by atoms with E-state index in [0.717, 1.165) is 4.47 Å². The third kappa shape index (κ3) is 3.14. The Morgan fingerprint density at radius 3 is 2.26 bits per heavy atom. The molecule has 0 aliphatic heterocycles. The van der Waals surface area contributed by atoms with Crippen molar-refractivity contribution in [2.75, 3.05) is 0 Å². The van der Waals surface area contributed by atoms with Crippen LogP contribution in [0.25, 0.3) is 0 Å². The van der Waals surface area contributed by atoms with Gasteiger partial charge in [-0.05, 0) is 60.7 Å². The number of rotatable bonds is 2. The first kappa shape index (κ1) is 15.3. The van der Waals surface area contributed by atoms with E-state index in [1.165, 1.54) is 32.3 Å². The molecule has 0 N–H and O–H groups in total. The average molecular weight is 447 g/mol. The van der Waals surface area contributed by atoms with Gasteiger partial charge in [-0.2, -0.15) is 0 Å². The minimum Gasteiger partial charge on any atom is -0.0786 e. The summed E-state index contributed by atoms with van der Waals surface area (Å²) in [5, 5.41) is 0. The van der Waals surface area contributed by atoms with Gasteiger partial charge in [0, 0.05) is 8.95 Å². The van der Waals surface area contributed by atoms with E-state index in [4.69, 9.17) is 0 Å². The van der Waals surface area contributed by atoms with Crippen LogP contribution in [0.15, 0.2) is 39.3 Å². The van der Waals surface area contributed by atoms with Crippen LogP contribution in [0.1, 0.15) is 32.6 Å². The fraction of sp³-hybridized carbons (Fsp3) is 0.250. The topological polar surface area (TPSA) is 0 Å². The molecule has 19 heavy (non-hydrogen) atoms. The van der Waals surface area contributed by atoms with Crippen molar-refractivity contribution in [3.8, 4) is 0 Å². The van der Waals surface area contributed by atoms with Crippen molar-refractivity contribution in [3.63, 3.8) is 0 Å². The Hall–Kier alpha value is -0.120. The van der Waals surface area contributed by atoms with Crippen LogP contribution in [0.4, 0.5) is 0 Å². The van der Waals surface area contributed by atoms with Gasteiger partial charge in [0.15, 0.2) is 0 Å². The van der Waals surface area contributed by atoms with E-state index in [1.54, 1.807) is 0 Å². The zero-order valence-corrected chi connectivity index (χ0v) is 15.9. The van der Waals surface area contributed by atoms with Gasteiger partial charge in [0.05, 0.1) is 4.83 Å². The van der Waals surface area contributed by atoms with Crippen LogP contribution < -0.4 is 0 Å². The average Bonchev–Trinajstić information content (AvgIpc) is 2.36. The molecule has 0 radical (unpaired) electrons. The number of aryl methyl sites for hydroxylation is 2. The van der Waals surface area contributed by atoms with Crippen molar-refractivity contribution in [1.82, 2.24) is 0 Å². The predicted octanol–water partition coefficient (Wildman–Crippen LogP) is 6.62. The zero-order chi connectivity index (χ0) is 14.2. The van der Waals surface area contributed by atoms with E-state index in [9.17, 15) is 0 Å². The van der Waals surface area contributed by atoms with Crippen LogP contribution in [0.2, 0.25) is 0 Å². The third-order valence-corrected chi connectivity index (χ3v) is 6.03. The second kappa shape index (κ2) is 6.11. The quantitative estimate of drug-likeness (QED) is 0.454. The van der Waals surface area contributed by atoms with Crippen LogP contribution in [0.5, 0.6) is 0 Å². The summed E-state index contributed by atoms with van der Waals surface area (Å²) in [7, 11) is 0. The molecule has 0 aromatic heterocycles. The summed E-state index contributed by atoms with van der Waals surface area (Å²) in [5.74, 6) is 0. The molecule has 0 amide bonds. The van der Waals surface area contributed by atoms with Crippen LogP contribution in [-0.4, -0.2) is 0 Å². The van der Waals surface area contributed by atoms with Crippen LogP contribution in [0.3, 0.4) is 0 Å². The Morgan fingerprint density at radius 2 is 1.63 bits per heavy atom. The molecule has 100 valence electrons. The summed E-state index contributed by atoms with van der Waals surface area (Å²) < 4.78 is 2.31. The Bertz CT molecular complexity index is 618. The van der Waals surface area contributed by atoms with Gasteiger partial charge in [0.25, 0.3) is 0 Å². The molecule has 2 aromatic carbocycles. The summed E-state index contributed by atoms with van der Waals surface area (Å²) in [6, 6.07) is 10.7. The fourth-order valence-electron chi connectivity index (χ4n) is 2.40. The van der Waals surface area contributed by atoms with E-state index in [1.807, 2.05) is 6.07 Å². The number of alkyl halides is 1. The fourth-order valence-corrected chi connectivity index (χ4v) is 4.13. The second-order valence-electron chi connectivity index (χ2n) is 4.78. The monoisotopic (exact) mass is 444 g/mol. The molecular weight excluding hydrogens is 432 g/mol. The Morgan fingerprint density at radius 1 is 0.947 bits per heavy atom. The Balaban J connectivity index is 2.56. The summed E-state index contributed by atoms with van der Waals surface area (Å²) in [4.78, 5) is 0.210. The lowest BCUT2D eigenvalue weighted by Gasteiger charge is -2.19. The minimum absolute atomic E-state index is 0.210. The minimum atomic E-state index is 0.210. The molecule has 2 rings (SSSR count). The largest absolute Gasteiger partial charge is 0.0786 e. The van der Waals surface area contributed by atoms with Gasteiger partial charge in [-0.25, -0.2) is 0 Å². The van der Waals surface area contributed by atoms with E-state index >= 15 is 0 Å². The summed E-state index contributed by atoms with van der Waals surface area (Å²) in [6.45, 7) is 6.48. The molecule has 0 aliphatic carbocycles. The SMILES string of the molecule is Cc1cc(C)c(C(Br)c2cccc(Br)c2)c(C)c1Br. The van der Waals surface area contributed by atoms with Crippen LogP contribution in [-0.2, 0) is 0 Å². The lowest BCUT2D eigenvalue weighted by Crippen LogP contribution is -2.01. The highest BCUT2D eigenvalue weighted by molar-refractivity contribution is 9.11. The van der Waals surface area contributed by atoms with Gasteiger partial charge in [-0.15, -0.1) is 0 Å². The van der Waals surface area contributed by atoms with Crippen molar-refractivity contribution in [3.05, 3.63) is 67.1 Å².